The summed E-state index contributed by atoms with van der Waals surface area (Å²) in [4.78, 5) is 3.80. The lowest BCUT2D eigenvalue weighted by atomic mass is 10.7. The van der Waals surface area contributed by atoms with Gasteiger partial charge in [-0.3, -0.25) is 15.8 Å². The molecule has 7 heavy (non-hydrogen) atoms. The van der Waals surface area contributed by atoms with Gasteiger partial charge in [-0.25, -0.2) is 0 Å². The maximum Gasteiger partial charge on any atom is 0.103 e. The van der Waals surface area contributed by atoms with Gasteiger partial charge in [-0.05, 0) is 0 Å². The SMILES string of the molecule is C1#CNNC=NC1. The van der Waals surface area contributed by atoms with Crippen LogP contribution in [0.3, 0.4) is 0 Å². The highest BCUT2D eigenvalue weighted by Crippen LogP contribution is 1.62. The monoisotopic (exact) mass is 95.0 g/mol. The van der Waals surface area contributed by atoms with Gasteiger partial charge in [0.05, 0.1) is 0 Å². The van der Waals surface area contributed by atoms with E-state index in [1.807, 2.05) is 0 Å². The van der Waals surface area contributed by atoms with E-state index in [0.29, 0.717) is 6.54 Å². The third kappa shape index (κ3) is 1.14. The number of aliphatic imine (C=N–C) groups is 1. The molecule has 3 heteroatoms. The minimum atomic E-state index is 0.583. The first-order chi connectivity index (χ1) is 3.50. The van der Waals surface area contributed by atoms with Crippen molar-refractivity contribution in [2.24, 2.45) is 4.99 Å². The van der Waals surface area contributed by atoms with Gasteiger partial charge in [0.2, 0.25) is 0 Å². The van der Waals surface area contributed by atoms with E-state index in [2.05, 4.69) is 27.8 Å². The molecule has 2 N–H and O–H groups in total. The average Bonchev–Trinajstić information content (AvgIpc) is 1.90. The minimum Gasteiger partial charge on any atom is -0.283 e. The second kappa shape index (κ2) is 2.08. The summed E-state index contributed by atoms with van der Waals surface area (Å²) in [6.07, 6.45) is 1.56. The molecule has 0 atom stereocenters. The van der Waals surface area contributed by atoms with E-state index >= 15 is 0 Å². The molecule has 1 heterocycles. The molecule has 1 aliphatic rings. The van der Waals surface area contributed by atoms with E-state index in [1.54, 1.807) is 6.34 Å². The minimum absolute atomic E-state index is 0.583. The summed E-state index contributed by atoms with van der Waals surface area (Å²) in [7, 11) is 0. The van der Waals surface area contributed by atoms with Crippen molar-refractivity contribution in [2.75, 3.05) is 6.54 Å². The van der Waals surface area contributed by atoms with Gasteiger partial charge in [0.1, 0.15) is 12.9 Å². The Labute approximate surface area is 41.8 Å². The summed E-state index contributed by atoms with van der Waals surface area (Å²) < 4.78 is 0. The predicted molar refractivity (Wildman–Crippen MR) is 27.4 cm³/mol. The summed E-state index contributed by atoms with van der Waals surface area (Å²) in [6, 6.07) is 2.61. The van der Waals surface area contributed by atoms with Crippen LogP contribution in [0.5, 0.6) is 0 Å². The molecular weight excluding hydrogens is 90.1 g/mol. The molecule has 0 amide bonds. The Morgan fingerprint density at radius 3 is 3.71 bits per heavy atom. The maximum atomic E-state index is 3.80. The van der Waals surface area contributed by atoms with E-state index in [1.165, 1.54) is 0 Å². The third-order valence-electron chi connectivity index (χ3n) is 0.549. The lowest BCUT2D eigenvalue weighted by Crippen LogP contribution is -2.24. The molecule has 0 saturated heterocycles. The van der Waals surface area contributed by atoms with Gasteiger partial charge in [0, 0.05) is 6.04 Å². The molecule has 36 valence electrons. The van der Waals surface area contributed by atoms with Crippen LogP contribution in [0.15, 0.2) is 4.99 Å². The van der Waals surface area contributed by atoms with Crippen LogP contribution in [0, 0.1) is 12.0 Å². The summed E-state index contributed by atoms with van der Waals surface area (Å²) in [5.41, 5.74) is 5.22. The molecule has 0 aromatic heterocycles. The third-order valence-corrected chi connectivity index (χ3v) is 0.549. The van der Waals surface area contributed by atoms with Crippen LogP contribution >= 0.6 is 0 Å². The molecule has 3 nitrogen and oxygen atoms in total. The van der Waals surface area contributed by atoms with Crippen LogP contribution in [0.1, 0.15) is 0 Å². The average molecular weight is 95.1 g/mol. The number of hydrogen-bond donors (Lipinski definition) is 2. The highest BCUT2D eigenvalue weighted by molar-refractivity contribution is 5.54. The van der Waals surface area contributed by atoms with E-state index in [-0.39, 0.29) is 0 Å². The highest BCUT2D eigenvalue weighted by atomic mass is 15.3. The Morgan fingerprint density at radius 1 is 1.71 bits per heavy atom. The second-order valence-electron chi connectivity index (χ2n) is 1.04. The number of rotatable bonds is 0. The Morgan fingerprint density at radius 2 is 2.71 bits per heavy atom. The van der Waals surface area contributed by atoms with Crippen LogP contribution in [-0.4, -0.2) is 12.9 Å². The van der Waals surface area contributed by atoms with Crippen molar-refractivity contribution in [3.8, 4) is 12.0 Å². The zero-order valence-electron chi connectivity index (χ0n) is 3.73. The summed E-state index contributed by atoms with van der Waals surface area (Å²) in [6.45, 7) is 0.583. The zero-order chi connectivity index (χ0) is 4.95. The zero-order valence-corrected chi connectivity index (χ0v) is 3.73. The summed E-state index contributed by atoms with van der Waals surface area (Å²) in [5, 5.41) is 0. The highest BCUT2D eigenvalue weighted by Gasteiger charge is 1.73. The normalized spacial score (nSPS) is 14.9. The van der Waals surface area contributed by atoms with Crippen LogP contribution < -0.4 is 10.9 Å². The summed E-state index contributed by atoms with van der Waals surface area (Å²) >= 11 is 0. The lowest BCUT2D eigenvalue weighted by Gasteiger charge is -1.87. The van der Waals surface area contributed by atoms with Crippen molar-refractivity contribution >= 4 is 6.34 Å². The molecule has 0 aromatic rings. The van der Waals surface area contributed by atoms with Crippen LogP contribution in [0.25, 0.3) is 0 Å². The first-order valence-corrected chi connectivity index (χ1v) is 1.97. The Bertz CT molecular complexity index is 128. The number of hydrazine groups is 1. The molecule has 0 bridgehead atoms. The van der Waals surface area contributed by atoms with Gasteiger partial charge < -0.3 is 0 Å². The molecule has 0 aromatic carbocycles. The number of nitrogens with zero attached hydrogens (tertiary/aromatic N) is 1. The van der Waals surface area contributed by atoms with Crippen LogP contribution in [0.2, 0.25) is 0 Å². The van der Waals surface area contributed by atoms with Crippen molar-refractivity contribution in [1.29, 1.82) is 0 Å². The maximum absolute atomic E-state index is 3.80. The fourth-order valence-electron chi connectivity index (χ4n) is 0.289. The van der Waals surface area contributed by atoms with Crippen molar-refractivity contribution in [1.82, 2.24) is 10.9 Å². The van der Waals surface area contributed by atoms with E-state index in [9.17, 15) is 0 Å². The molecule has 1 rings (SSSR count). The molecule has 0 unspecified atom stereocenters. The molecule has 0 saturated carbocycles. The molecular formula is C4H5N3. The fourth-order valence-corrected chi connectivity index (χ4v) is 0.289. The van der Waals surface area contributed by atoms with E-state index < -0.39 is 0 Å². The molecule has 0 spiro atoms. The molecule has 0 radical (unpaired) electrons. The number of hydrogen-bond acceptors (Lipinski definition) is 3. The smallest absolute Gasteiger partial charge is 0.103 e. The standard InChI is InChI=1S/C4H5N3/c1-2-5-4-7-6-3-1/h4,6H,2H2,(H,5,7). The van der Waals surface area contributed by atoms with Gasteiger partial charge in [-0.1, -0.05) is 5.92 Å². The Hall–Kier alpha value is -1.17. The Balaban J connectivity index is 2.46. The van der Waals surface area contributed by atoms with Gasteiger partial charge >= 0.3 is 0 Å². The Kier molecular flexibility index (Phi) is 1.19. The molecule has 1 aliphatic heterocycles. The lowest BCUT2D eigenvalue weighted by molar-refractivity contribution is 0.868. The summed E-state index contributed by atoms with van der Waals surface area (Å²) in [5.74, 6) is 2.73. The van der Waals surface area contributed by atoms with E-state index in [4.69, 9.17) is 0 Å². The van der Waals surface area contributed by atoms with E-state index in [0.717, 1.165) is 0 Å². The fraction of sp³-hybridized carbons (Fsp3) is 0.250. The second-order valence-corrected chi connectivity index (χ2v) is 1.04. The molecule has 0 fully saturated rings. The van der Waals surface area contributed by atoms with Crippen LogP contribution in [-0.2, 0) is 0 Å². The topological polar surface area (TPSA) is 36.4 Å². The van der Waals surface area contributed by atoms with Gasteiger partial charge in [-0.2, -0.15) is 0 Å². The first-order valence-electron chi connectivity index (χ1n) is 1.97. The van der Waals surface area contributed by atoms with Gasteiger partial charge in [0.25, 0.3) is 0 Å². The first kappa shape index (κ1) is 4.00. The van der Waals surface area contributed by atoms with Crippen molar-refractivity contribution in [2.45, 2.75) is 0 Å². The largest absolute Gasteiger partial charge is 0.283 e. The van der Waals surface area contributed by atoms with Crippen molar-refractivity contribution in [3.63, 3.8) is 0 Å². The number of nitrogens with one attached hydrogen (secondary N) is 2. The van der Waals surface area contributed by atoms with Gasteiger partial charge in [0.15, 0.2) is 0 Å². The quantitative estimate of drug-likeness (QED) is 0.382. The van der Waals surface area contributed by atoms with Crippen LogP contribution in [0.4, 0.5) is 0 Å². The van der Waals surface area contributed by atoms with Crippen molar-refractivity contribution < 1.29 is 0 Å². The van der Waals surface area contributed by atoms with Gasteiger partial charge in [-0.15, -0.1) is 0 Å². The molecule has 0 aliphatic carbocycles. The van der Waals surface area contributed by atoms with Crippen molar-refractivity contribution in [3.05, 3.63) is 0 Å². The predicted octanol–water partition coefficient (Wildman–Crippen LogP) is -0.917.